The molecule has 2 saturated carbocycles. The Bertz CT molecular complexity index is 189. The largest absolute Gasteiger partial charge is 0.316 e. The molecule has 1 N–H and O–H groups in total. The van der Waals surface area contributed by atoms with E-state index in [-0.39, 0.29) is 0 Å². The fraction of sp³-hybridized carbons (Fsp3) is 1.00. The van der Waals surface area contributed by atoms with E-state index in [4.69, 9.17) is 0 Å². The summed E-state index contributed by atoms with van der Waals surface area (Å²) in [5.41, 5.74) is 0.808. The molecule has 1 saturated heterocycles. The Morgan fingerprint density at radius 1 is 1.00 bits per heavy atom. The zero-order chi connectivity index (χ0) is 8.73. The van der Waals surface area contributed by atoms with Crippen LogP contribution in [0, 0.1) is 17.3 Å². The van der Waals surface area contributed by atoms with E-state index in [1.807, 2.05) is 0 Å². The fourth-order valence-electron chi connectivity index (χ4n) is 3.74. The van der Waals surface area contributed by atoms with E-state index in [1.165, 1.54) is 58.0 Å². The maximum Gasteiger partial charge on any atom is 0.00112 e. The second-order valence-corrected chi connectivity index (χ2v) is 5.50. The molecule has 3 aliphatic rings. The van der Waals surface area contributed by atoms with Gasteiger partial charge in [0.25, 0.3) is 0 Å². The van der Waals surface area contributed by atoms with E-state index in [0.29, 0.717) is 0 Å². The van der Waals surface area contributed by atoms with Crippen molar-refractivity contribution >= 4 is 0 Å². The van der Waals surface area contributed by atoms with Crippen molar-refractivity contribution < 1.29 is 0 Å². The summed E-state index contributed by atoms with van der Waals surface area (Å²) in [5, 5.41) is 3.62. The molecule has 1 heteroatoms. The molecule has 1 atom stereocenters. The van der Waals surface area contributed by atoms with Gasteiger partial charge in [0.1, 0.15) is 0 Å². The molecule has 0 bridgehead atoms. The molecule has 2 aliphatic carbocycles. The van der Waals surface area contributed by atoms with Crippen LogP contribution in [0.3, 0.4) is 0 Å². The van der Waals surface area contributed by atoms with Gasteiger partial charge >= 0.3 is 0 Å². The van der Waals surface area contributed by atoms with Crippen LogP contribution < -0.4 is 5.32 Å². The van der Waals surface area contributed by atoms with Gasteiger partial charge in [0.05, 0.1) is 0 Å². The van der Waals surface area contributed by atoms with Crippen LogP contribution in [0.15, 0.2) is 0 Å². The molecule has 0 aromatic carbocycles. The van der Waals surface area contributed by atoms with Crippen LogP contribution in [-0.4, -0.2) is 13.1 Å². The molecular formula is C12H21N. The van der Waals surface area contributed by atoms with E-state index in [1.54, 1.807) is 0 Å². The molecule has 0 aromatic heterocycles. The Kier molecular flexibility index (Phi) is 1.90. The van der Waals surface area contributed by atoms with Gasteiger partial charge in [-0.15, -0.1) is 0 Å². The first kappa shape index (κ1) is 8.28. The third-order valence-electron chi connectivity index (χ3n) is 4.74. The van der Waals surface area contributed by atoms with Crippen molar-refractivity contribution in [2.24, 2.45) is 17.3 Å². The molecule has 74 valence electrons. The number of hydrogen-bond donors (Lipinski definition) is 1. The minimum atomic E-state index is 0.808. The molecule has 13 heavy (non-hydrogen) atoms. The Labute approximate surface area is 81.3 Å². The molecule has 0 amide bonds. The summed E-state index contributed by atoms with van der Waals surface area (Å²) in [6, 6.07) is 0. The van der Waals surface area contributed by atoms with Gasteiger partial charge in [0.2, 0.25) is 0 Å². The Morgan fingerprint density at radius 3 is 2.46 bits per heavy atom. The van der Waals surface area contributed by atoms with Gasteiger partial charge in [-0.05, 0) is 36.6 Å². The van der Waals surface area contributed by atoms with Gasteiger partial charge in [-0.25, -0.2) is 0 Å². The van der Waals surface area contributed by atoms with Crippen molar-refractivity contribution in [3.63, 3.8) is 0 Å². The second kappa shape index (κ2) is 2.98. The van der Waals surface area contributed by atoms with Crippen molar-refractivity contribution in [2.45, 2.75) is 44.9 Å². The second-order valence-electron chi connectivity index (χ2n) is 5.50. The standard InChI is InChI=1S/C12H21N/c1-2-4-10(5-3-1)11-8-13-9-12(11)6-7-12/h10-11,13H,1-9H2/t11-/m0/s1. The summed E-state index contributed by atoms with van der Waals surface area (Å²) in [6.45, 7) is 2.68. The lowest BCUT2D eigenvalue weighted by Crippen LogP contribution is -2.25. The predicted octanol–water partition coefficient (Wildman–Crippen LogP) is 2.57. The SMILES string of the molecule is C1CCC([C@@H]2CNCC23CC3)CC1. The van der Waals surface area contributed by atoms with E-state index in [2.05, 4.69) is 5.32 Å². The number of rotatable bonds is 1. The molecule has 3 rings (SSSR count). The lowest BCUT2D eigenvalue weighted by Gasteiger charge is -2.31. The Morgan fingerprint density at radius 2 is 1.77 bits per heavy atom. The third-order valence-corrected chi connectivity index (χ3v) is 4.74. The first-order valence-corrected chi connectivity index (χ1v) is 6.11. The number of hydrogen-bond acceptors (Lipinski definition) is 1. The van der Waals surface area contributed by atoms with Crippen molar-refractivity contribution in [1.82, 2.24) is 5.32 Å². The van der Waals surface area contributed by atoms with Crippen molar-refractivity contribution in [2.75, 3.05) is 13.1 Å². The predicted molar refractivity (Wildman–Crippen MR) is 54.6 cm³/mol. The third kappa shape index (κ3) is 1.32. The average molecular weight is 179 g/mol. The van der Waals surface area contributed by atoms with Crippen molar-refractivity contribution in [1.29, 1.82) is 0 Å². The van der Waals surface area contributed by atoms with Crippen LogP contribution >= 0.6 is 0 Å². The highest BCUT2D eigenvalue weighted by Crippen LogP contribution is 2.57. The average Bonchev–Trinajstić information content (AvgIpc) is 2.80. The van der Waals surface area contributed by atoms with Crippen LogP contribution in [0.1, 0.15) is 44.9 Å². The summed E-state index contributed by atoms with van der Waals surface area (Å²) in [6.07, 6.45) is 10.7. The van der Waals surface area contributed by atoms with Crippen LogP contribution in [0.25, 0.3) is 0 Å². The smallest absolute Gasteiger partial charge is 0.00112 e. The highest BCUT2D eigenvalue weighted by atomic mass is 15.0. The van der Waals surface area contributed by atoms with Crippen molar-refractivity contribution in [3.8, 4) is 0 Å². The van der Waals surface area contributed by atoms with Gasteiger partial charge < -0.3 is 5.32 Å². The zero-order valence-corrected chi connectivity index (χ0v) is 8.52. The Balaban J connectivity index is 1.69. The van der Waals surface area contributed by atoms with Crippen molar-refractivity contribution in [3.05, 3.63) is 0 Å². The van der Waals surface area contributed by atoms with Gasteiger partial charge in [0.15, 0.2) is 0 Å². The normalized spacial score (nSPS) is 38.3. The highest BCUT2D eigenvalue weighted by molar-refractivity contribution is 5.06. The van der Waals surface area contributed by atoms with Gasteiger partial charge in [-0.2, -0.15) is 0 Å². The lowest BCUT2D eigenvalue weighted by atomic mass is 9.74. The van der Waals surface area contributed by atoms with E-state index < -0.39 is 0 Å². The van der Waals surface area contributed by atoms with Gasteiger partial charge in [0, 0.05) is 6.54 Å². The van der Waals surface area contributed by atoms with Gasteiger partial charge in [-0.3, -0.25) is 0 Å². The van der Waals surface area contributed by atoms with E-state index in [0.717, 1.165) is 17.3 Å². The van der Waals surface area contributed by atoms with E-state index >= 15 is 0 Å². The molecule has 3 fully saturated rings. The molecule has 1 nitrogen and oxygen atoms in total. The topological polar surface area (TPSA) is 12.0 Å². The van der Waals surface area contributed by atoms with Crippen LogP contribution in [0.5, 0.6) is 0 Å². The number of nitrogens with one attached hydrogen (secondary N) is 1. The summed E-state index contributed by atoms with van der Waals surface area (Å²) < 4.78 is 0. The molecule has 1 aliphatic heterocycles. The quantitative estimate of drug-likeness (QED) is 0.652. The first-order chi connectivity index (χ1) is 6.41. The van der Waals surface area contributed by atoms with Crippen LogP contribution in [0.4, 0.5) is 0 Å². The molecule has 1 heterocycles. The molecule has 0 unspecified atom stereocenters. The fourth-order valence-corrected chi connectivity index (χ4v) is 3.74. The zero-order valence-electron chi connectivity index (χ0n) is 8.52. The summed E-state index contributed by atoms with van der Waals surface area (Å²) in [4.78, 5) is 0. The van der Waals surface area contributed by atoms with Gasteiger partial charge in [-0.1, -0.05) is 32.1 Å². The maximum atomic E-state index is 3.62. The van der Waals surface area contributed by atoms with Crippen LogP contribution in [-0.2, 0) is 0 Å². The summed E-state index contributed by atoms with van der Waals surface area (Å²) >= 11 is 0. The molecule has 1 spiro atoms. The molecule has 0 radical (unpaired) electrons. The highest BCUT2D eigenvalue weighted by Gasteiger charge is 2.54. The first-order valence-electron chi connectivity index (χ1n) is 6.11. The minimum Gasteiger partial charge on any atom is -0.316 e. The molecular weight excluding hydrogens is 158 g/mol. The van der Waals surface area contributed by atoms with Crippen LogP contribution in [0.2, 0.25) is 0 Å². The summed E-state index contributed by atoms with van der Waals surface area (Å²) in [5.74, 6) is 2.15. The Hall–Kier alpha value is -0.0400. The molecule has 0 aromatic rings. The maximum absolute atomic E-state index is 3.62. The summed E-state index contributed by atoms with van der Waals surface area (Å²) in [7, 11) is 0. The lowest BCUT2D eigenvalue weighted by molar-refractivity contribution is 0.205. The van der Waals surface area contributed by atoms with E-state index in [9.17, 15) is 0 Å². The minimum absolute atomic E-state index is 0.808. The monoisotopic (exact) mass is 179 g/mol.